The Bertz CT molecular complexity index is 715. The van der Waals surface area contributed by atoms with Gasteiger partial charge in [0.2, 0.25) is 0 Å². The Labute approximate surface area is 129 Å². The number of nitriles is 1. The largest absolute Gasteiger partial charge is 0.508 e. The molecule has 0 saturated carbocycles. The van der Waals surface area contributed by atoms with Gasteiger partial charge in [0.15, 0.2) is 0 Å². The first-order chi connectivity index (χ1) is 10.7. The first-order valence-corrected chi connectivity index (χ1v) is 6.92. The van der Waals surface area contributed by atoms with E-state index >= 15 is 0 Å². The molecule has 0 aromatic heterocycles. The van der Waals surface area contributed by atoms with E-state index in [9.17, 15) is 9.90 Å². The molecule has 1 amide bonds. The van der Waals surface area contributed by atoms with Crippen molar-refractivity contribution in [2.75, 3.05) is 6.54 Å². The van der Waals surface area contributed by atoms with Crippen LogP contribution in [0, 0.1) is 11.3 Å². The normalized spacial score (nSPS) is 10.8. The molecule has 0 atom stereocenters. The highest BCUT2D eigenvalue weighted by Gasteiger charge is 2.08. The number of hydrogen-bond donors (Lipinski definition) is 2. The van der Waals surface area contributed by atoms with Crippen LogP contribution in [0.15, 0.2) is 60.2 Å². The van der Waals surface area contributed by atoms with Gasteiger partial charge in [0.05, 0.1) is 0 Å². The fourth-order valence-electron chi connectivity index (χ4n) is 1.99. The van der Waals surface area contributed by atoms with Gasteiger partial charge < -0.3 is 10.4 Å². The van der Waals surface area contributed by atoms with E-state index in [0.717, 1.165) is 5.56 Å². The van der Waals surface area contributed by atoms with E-state index in [1.54, 1.807) is 12.1 Å². The molecule has 0 radical (unpaired) electrons. The average molecular weight is 292 g/mol. The zero-order valence-electron chi connectivity index (χ0n) is 12.0. The standard InChI is InChI=1S/C18H16N2O2/c19-13-16(11-15-7-4-8-17(21)12-15)18(22)20-10-9-14-5-2-1-3-6-14/h1-8,11-12,21H,9-10H2,(H,20,22)/b16-11-. The molecule has 0 aliphatic heterocycles. The molecule has 0 spiro atoms. The summed E-state index contributed by atoms with van der Waals surface area (Å²) in [5, 5.41) is 21.2. The Kier molecular flexibility index (Phi) is 5.33. The van der Waals surface area contributed by atoms with Gasteiger partial charge in [-0.15, -0.1) is 0 Å². The molecule has 0 saturated heterocycles. The van der Waals surface area contributed by atoms with Gasteiger partial charge in [-0.25, -0.2) is 0 Å². The van der Waals surface area contributed by atoms with Crippen molar-refractivity contribution in [3.63, 3.8) is 0 Å². The van der Waals surface area contributed by atoms with Gasteiger partial charge in [0, 0.05) is 6.54 Å². The summed E-state index contributed by atoms with van der Waals surface area (Å²) in [7, 11) is 0. The summed E-state index contributed by atoms with van der Waals surface area (Å²) in [6.07, 6.45) is 2.16. The number of aromatic hydroxyl groups is 1. The lowest BCUT2D eigenvalue weighted by molar-refractivity contribution is -0.117. The van der Waals surface area contributed by atoms with Gasteiger partial charge in [-0.2, -0.15) is 5.26 Å². The van der Waals surface area contributed by atoms with Crippen LogP contribution in [-0.2, 0) is 11.2 Å². The van der Waals surface area contributed by atoms with Crippen molar-refractivity contribution in [2.45, 2.75) is 6.42 Å². The lowest BCUT2D eigenvalue weighted by Gasteiger charge is -2.04. The number of carbonyl (C=O) groups is 1. The van der Waals surface area contributed by atoms with Gasteiger partial charge in [-0.05, 0) is 35.8 Å². The van der Waals surface area contributed by atoms with Gasteiger partial charge in [0.1, 0.15) is 17.4 Å². The zero-order chi connectivity index (χ0) is 15.8. The summed E-state index contributed by atoms with van der Waals surface area (Å²) >= 11 is 0. The number of rotatable bonds is 5. The molecular weight excluding hydrogens is 276 g/mol. The molecule has 0 unspecified atom stereocenters. The summed E-state index contributed by atoms with van der Waals surface area (Å²) in [6, 6.07) is 18.1. The van der Waals surface area contributed by atoms with E-state index < -0.39 is 5.91 Å². The molecule has 2 N–H and O–H groups in total. The molecule has 22 heavy (non-hydrogen) atoms. The molecule has 4 heteroatoms. The molecule has 2 aromatic carbocycles. The van der Waals surface area contributed by atoms with Crippen molar-refractivity contribution in [3.8, 4) is 11.8 Å². The lowest BCUT2D eigenvalue weighted by atomic mass is 10.1. The Morgan fingerprint density at radius 2 is 1.95 bits per heavy atom. The summed E-state index contributed by atoms with van der Waals surface area (Å²) in [4.78, 5) is 12.0. The van der Waals surface area contributed by atoms with Crippen molar-refractivity contribution in [2.24, 2.45) is 0 Å². The number of nitrogens with zero attached hydrogens (tertiary/aromatic N) is 1. The first kappa shape index (κ1) is 15.3. The van der Waals surface area contributed by atoms with Crippen molar-refractivity contribution >= 4 is 12.0 Å². The second-order valence-corrected chi connectivity index (χ2v) is 4.76. The van der Waals surface area contributed by atoms with E-state index in [-0.39, 0.29) is 11.3 Å². The quantitative estimate of drug-likeness (QED) is 0.657. The number of carbonyl (C=O) groups excluding carboxylic acids is 1. The van der Waals surface area contributed by atoms with E-state index in [0.29, 0.717) is 18.5 Å². The van der Waals surface area contributed by atoms with Gasteiger partial charge in [0.25, 0.3) is 5.91 Å². The third kappa shape index (κ3) is 4.50. The second-order valence-electron chi connectivity index (χ2n) is 4.76. The minimum Gasteiger partial charge on any atom is -0.508 e. The van der Waals surface area contributed by atoms with Crippen LogP contribution in [-0.4, -0.2) is 17.6 Å². The van der Waals surface area contributed by atoms with Crippen LogP contribution in [0.3, 0.4) is 0 Å². The molecule has 110 valence electrons. The average Bonchev–Trinajstić information content (AvgIpc) is 2.53. The Hall–Kier alpha value is -3.06. The summed E-state index contributed by atoms with van der Waals surface area (Å²) in [5.74, 6) is -0.322. The van der Waals surface area contributed by atoms with Gasteiger partial charge >= 0.3 is 0 Å². The number of phenolic OH excluding ortho intramolecular Hbond substituents is 1. The topological polar surface area (TPSA) is 73.1 Å². The van der Waals surface area contributed by atoms with Crippen LogP contribution in [0.25, 0.3) is 6.08 Å². The number of nitrogens with one attached hydrogen (secondary N) is 1. The molecule has 0 fully saturated rings. The smallest absolute Gasteiger partial charge is 0.261 e. The fraction of sp³-hybridized carbons (Fsp3) is 0.111. The molecule has 0 heterocycles. The van der Waals surface area contributed by atoms with Crippen molar-refractivity contribution in [3.05, 3.63) is 71.3 Å². The molecule has 4 nitrogen and oxygen atoms in total. The summed E-state index contributed by atoms with van der Waals surface area (Å²) in [5.41, 5.74) is 1.74. The molecule has 2 aromatic rings. The number of benzene rings is 2. The van der Waals surface area contributed by atoms with Crippen molar-refractivity contribution in [1.82, 2.24) is 5.32 Å². The highest BCUT2D eigenvalue weighted by molar-refractivity contribution is 6.01. The minimum absolute atomic E-state index is 0.0126. The highest BCUT2D eigenvalue weighted by atomic mass is 16.3. The molecular formula is C18H16N2O2. The van der Waals surface area contributed by atoms with Crippen LogP contribution < -0.4 is 5.32 Å². The first-order valence-electron chi connectivity index (χ1n) is 6.92. The maximum absolute atomic E-state index is 12.0. The van der Waals surface area contributed by atoms with E-state index in [1.807, 2.05) is 36.4 Å². The predicted molar refractivity (Wildman–Crippen MR) is 84.9 cm³/mol. The Balaban J connectivity index is 1.96. The number of amides is 1. The predicted octanol–water partition coefficient (Wildman–Crippen LogP) is 2.66. The van der Waals surface area contributed by atoms with E-state index in [2.05, 4.69) is 5.32 Å². The molecule has 0 aliphatic carbocycles. The third-order valence-corrected chi connectivity index (χ3v) is 3.09. The zero-order valence-corrected chi connectivity index (χ0v) is 12.0. The number of hydrogen-bond acceptors (Lipinski definition) is 3. The van der Waals surface area contributed by atoms with Crippen LogP contribution in [0.4, 0.5) is 0 Å². The summed E-state index contributed by atoms with van der Waals surface area (Å²) in [6.45, 7) is 0.460. The van der Waals surface area contributed by atoms with Gasteiger partial charge in [-0.3, -0.25) is 4.79 Å². The highest BCUT2D eigenvalue weighted by Crippen LogP contribution is 2.14. The Morgan fingerprint density at radius 3 is 2.64 bits per heavy atom. The maximum Gasteiger partial charge on any atom is 0.261 e. The van der Waals surface area contributed by atoms with Crippen LogP contribution >= 0.6 is 0 Å². The van der Waals surface area contributed by atoms with Crippen LogP contribution in [0.1, 0.15) is 11.1 Å². The molecule has 2 rings (SSSR count). The third-order valence-electron chi connectivity index (χ3n) is 3.09. The van der Waals surface area contributed by atoms with Crippen molar-refractivity contribution in [1.29, 1.82) is 5.26 Å². The lowest BCUT2D eigenvalue weighted by Crippen LogP contribution is -2.26. The number of phenols is 1. The SMILES string of the molecule is N#C/C(=C/c1cccc(O)c1)C(=O)NCCc1ccccc1. The second kappa shape index (κ2) is 7.65. The van der Waals surface area contributed by atoms with Gasteiger partial charge in [-0.1, -0.05) is 42.5 Å². The minimum atomic E-state index is -0.415. The Morgan fingerprint density at radius 1 is 1.18 bits per heavy atom. The van der Waals surface area contributed by atoms with Crippen LogP contribution in [0.5, 0.6) is 5.75 Å². The van der Waals surface area contributed by atoms with Crippen molar-refractivity contribution < 1.29 is 9.90 Å². The molecule has 0 aliphatic rings. The van der Waals surface area contributed by atoms with E-state index in [4.69, 9.17) is 5.26 Å². The van der Waals surface area contributed by atoms with E-state index in [1.165, 1.54) is 18.2 Å². The fourth-order valence-corrected chi connectivity index (χ4v) is 1.99. The maximum atomic E-state index is 12.0. The summed E-state index contributed by atoms with van der Waals surface area (Å²) < 4.78 is 0. The molecule has 0 bridgehead atoms. The van der Waals surface area contributed by atoms with Crippen LogP contribution in [0.2, 0.25) is 0 Å². The monoisotopic (exact) mass is 292 g/mol.